The topological polar surface area (TPSA) is 108 Å². The molecule has 5 rings (SSSR count). The number of piperidine rings is 1. The molecule has 0 spiro atoms. The minimum Gasteiger partial charge on any atom is -0.485 e. The number of fused-ring (bicyclic) bond motifs is 1. The summed E-state index contributed by atoms with van der Waals surface area (Å²) in [5.41, 5.74) is 1.44. The Morgan fingerprint density at radius 3 is 2.63 bits per heavy atom. The predicted molar refractivity (Wildman–Crippen MR) is 142 cm³/mol. The van der Waals surface area contributed by atoms with E-state index in [0.29, 0.717) is 11.3 Å². The van der Waals surface area contributed by atoms with Crippen LogP contribution in [0.3, 0.4) is 0 Å². The smallest absolute Gasteiger partial charge is 0.437 e. The van der Waals surface area contributed by atoms with Gasteiger partial charge in [-0.2, -0.15) is 4.68 Å². The molecule has 0 aliphatic carbocycles. The van der Waals surface area contributed by atoms with Crippen LogP contribution in [0.4, 0.5) is 10.5 Å². The Hall–Kier alpha value is -3.50. The molecular weight excluding hydrogens is 512 g/mol. The number of ether oxygens (including phenoxy) is 3. The van der Waals surface area contributed by atoms with Gasteiger partial charge in [-0.1, -0.05) is 55.3 Å². The molecule has 1 N–H and O–H groups in total. The molecule has 0 saturated carbocycles. The Bertz CT molecular complexity index is 1320. The molecule has 0 bridgehead atoms. The van der Waals surface area contributed by atoms with Gasteiger partial charge in [-0.15, -0.1) is 5.10 Å². The molecule has 0 unspecified atom stereocenters. The fourth-order valence-electron chi connectivity index (χ4n) is 4.71. The summed E-state index contributed by atoms with van der Waals surface area (Å²) in [6, 6.07) is 10.8. The van der Waals surface area contributed by atoms with Crippen molar-refractivity contribution in [2.24, 2.45) is 0 Å². The van der Waals surface area contributed by atoms with Crippen molar-refractivity contribution in [2.75, 3.05) is 38.2 Å². The van der Waals surface area contributed by atoms with Gasteiger partial charge in [0.1, 0.15) is 25.5 Å². The van der Waals surface area contributed by atoms with Gasteiger partial charge in [0.15, 0.2) is 11.5 Å². The van der Waals surface area contributed by atoms with E-state index in [2.05, 4.69) is 22.2 Å². The second-order valence-corrected chi connectivity index (χ2v) is 9.77. The molecule has 11 heteroatoms. The first-order valence-corrected chi connectivity index (χ1v) is 13.3. The van der Waals surface area contributed by atoms with Gasteiger partial charge < -0.3 is 23.5 Å². The van der Waals surface area contributed by atoms with Crippen LogP contribution in [-0.2, 0) is 11.3 Å². The van der Waals surface area contributed by atoms with E-state index in [1.54, 1.807) is 6.07 Å². The number of aromatic nitrogens is 2. The predicted octanol–water partition coefficient (Wildman–Crippen LogP) is 5.11. The fourth-order valence-corrected chi connectivity index (χ4v) is 4.95. The standard InChI is InChI=1S/C27H31ClN4O6/c1-2-3-11-31-12-9-19(10-13-31)32-27(34)38-25(30-32)20-16-21(28)22(24-23(20)35-14-15-36-24)29-26(33)37-17-18-7-5-4-6-8-18/h4-8,16,19H,2-3,9-15,17H2,1H3,(H,29,33). The van der Waals surface area contributed by atoms with Gasteiger partial charge in [-0.25, -0.2) is 9.59 Å². The highest BCUT2D eigenvalue weighted by atomic mass is 35.5. The lowest BCUT2D eigenvalue weighted by Crippen LogP contribution is -2.37. The zero-order valence-corrected chi connectivity index (χ0v) is 22.0. The second-order valence-electron chi connectivity index (χ2n) is 9.37. The van der Waals surface area contributed by atoms with E-state index in [4.69, 9.17) is 30.2 Å². The highest BCUT2D eigenvalue weighted by molar-refractivity contribution is 6.34. The molecule has 1 amide bonds. The maximum atomic E-state index is 12.8. The number of halogens is 1. The molecule has 202 valence electrons. The number of likely N-dealkylation sites (tertiary alicyclic amines) is 1. The van der Waals surface area contributed by atoms with Gasteiger partial charge in [0, 0.05) is 13.1 Å². The third-order valence-corrected chi connectivity index (χ3v) is 7.03. The lowest BCUT2D eigenvalue weighted by atomic mass is 10.1. The number of anilines is 1. The Morgan fingerprint density at radius 2 is 1.89 bits per heavy atom. The van der Waals surface area contributed by atoms with Gasteiger partial charge in [0.2, 0.25) is 0 Å². The third kappa shape index (κ3) is 5.81. The Labute approximate surface area is 225 Å². The van der Waals surface area contributed by atoms with Crippen molar-refractivity contribution in [3.05, 3.63) is 57.5 Å². The van der Waals surface area contributed by atoms with E-state index in [-0.39, 0.29) is 48.2 Å². The van der Waals surface area contributed by atoms with Crippen LogP contribution >= 0.6 is 11.6 Å². The molecule has 2 aliphatic rings. The van der Waals surface area contributed by atoms with Crippen molar-refractivity contribution >= 4 is 23.4 Å². The van der Waals surface area contributed by atoms with Crippen molar-refractivity contribution < 1.29 is 23.4 Å². The number of hydrogen-bond donors (Lipinski definition) is 1. The van der Waals surface area contributed by atoms with E-state index < -0.39 is 11.8 Å². The van der Waals surface area contributed by atoms with Crippen LogP contribution in [0.1, 0.15) is 44.2 Å². The molecule has 1 saturated heterocycles. The van der Waals surface area contributed by atoms with Gasteiger partial charge in [0.05, 0.1) is 16.6 Å². The largest absolute Gasteiger partial charge is 0.485 e. The fraction of sp³-hybridized carbons (Fsp3) is 0.444. The van der Waals surface area contributed by atoms with Crippen molar-refractivity contribution in [3.63, 3.8) is 0 Å². The monoisotopic (exact) mass is 542 g/mol. The number of hydrogen-bond acceptors (Lipinski definition) is 8. The Morgan fingerprint density at radius 1 is 1.16 bits per heavy atom. The van der Waals surface area contributed by atoms with Gasteiger partial charge >= 0.3 is 11.8 Å². The number of unbranched alkanes of at least 4 members (excludes halogenated alkanes) is 1. The van der Waals surface area contributed by atoms with Crippen LogP contribution in [0.2, 0.25) is 5.02 Å². The number of rotatable bonds is 8. The van der Waals surface area contributed by atoms with Gasteiger partial charge in [-0.05, 0) is 37.4 Å². The van der Waals surface area contributed by atoms with Gasteiger partial charge in [0.25, 0.3) is 5.89 Å². The van der Waals surface area contributed by atoms with E-state index in [0.717, 1.165) is 44.5 Å². The number of nitrogens with one attached hydrogen (secondary N) is 1. The first kappa shape index (κ1) is 26.1. The summed E-state index contributed by atoms with van der Waals surface area (Å²) >= 11 is 6.56. The SMILES string of the molecule is CCCCN1CCC(n2nc(-c3cc(Cl)c(NC(=O)OCc4ccccc4)c4c3OCCO4)oc2=O)CC1. The molecule has 3 heterocycles. The summed E-state index contributed by atoms with van der Waals surface area (Å²) in [6.45, 7) is 5.72. The summed E-state index contributed by atoms with van der Waals surface area (Å²) < 4.78 is 24.0. The maximum absolute atomic E-state index is 12.8. The summed E-state index contributed by atoms with van der Waals surface area (Å²) in [5, 5.41) is 7.33. The third-order valence-electron chi connectivity index (χ3n) is 6.73. The van der Waals surface area contributed by atoms with E-state index in [1.807, 2.05) is 30.3 Å². The number of nitrogens with zero attached hydrogens (tertiary/aromatic N) is 3. The van der Waals surface area contributed by atoms with Crippen LogP contribution in [0.5, 0.6) is 11.5 Å². The van der Waals surface area contributed by atoms with Crippen molar-refractivity contribution in [3.8, 4) is 23.0 Å². The Balaban J connectivity index is 1.35. The molecule has 0 radical (unpaired) electrons. The van der Waals surface area contributed by atoms with E-state index in [1.165, 1.54) is 11.1 Å². The summed E-state index contributed by atoms with van der Waals surface area (Å²) in [5.74, 6) is 0.0872. The van der Waals surface area contributed by atoms with Crippen LogP contribution in [0, 0.1) is 0 Å². The van der Waals surface area contributed by atoms with Crippen molar-refractivity contribution in [1.82, 2.24) is 14.7 Å². The van der Waals surface area contributed by atoms with Gasteiger partial charge in [-0.3, -0.25) is 5.32 Å². The molecule has 0 atom stereocenters. The van der Waals surface area contributed by atoms with E-state index >= 15 is 0 Å². The average molecular weight is 543 g/mol. The van der Waals surface area contributed by atoms with Crippen LogP contribution in [0.25, 0.3) is 11.5 Å². The maximum Gasteiger partial charge on any atom is 0.437 e. The minimum absolute atomic E-state index is 0.0401. The highest BCUT2D eigenvalue weighted by Gasteiger charge is 2.30. The van der Waals surface area contributed by atoms with Crippen LogP contribution < -0.4 is 20.5 Å². The minimum atomic E-state index is -0.694. The van der Waals surface area contributed by atoms with Crippen LogP contribution in [0.15, 0.2) is 45.6 Å². The lowest BCUT2D eigenvalue weighted by molar-refractivity contribution is 0.154. The number of carbonyl (C=O) groups is 1. The molecule has 3 aromatic rings. The lowest BCUT2D eigenvalue weighted by Gasteiger charge is -2.31. The summed E-state index contributed by atoms with van der Waals surface area (Å²) in [7, 11) is 0. The highest BCUT2D eigenvalue weighted by Crippen LogP contribution is 2.48. The molecule has 1 fully saturated rings. The quantitative estimate of drug-likeness (QED) is 0.418. The van der Waals surface area contributed by atoms with Crippen molar-refractivity contribution in [1.29, 1.82) is 0 Å². The summed E-state index contributed by atoms with van der Waals surface area (Å²) in [6.07, 6.45) is 3.28. The number of benzene rings is 2. The molecule has 10 nitrogen and oxygen atoms in total. The molecule has 1 aromatic heterocycles. The zero-order valence-electron chi connectivity index (χ0n) is 21.3. The first-order valence-electron chi connectivity index (χ1n) is 13.0. The molecule has 2 aromatic carbocycles. The first-order chi connectivity index (χ1) is 18.5. The number of carbonyl (C=O) groups excluding carboxylic acids is 1. The molecular formula is C27H31ClN4O6. The van der Waals surface area contributed by atoms with Crippen molar-refractivity contribution in [2.45, 2.75) is 45.3 Å². The average Bonchev–Trinajstić information content (AvgIpc) is 3.34. The molecule has 38 heavy (non-hydrogen) atoms. The molecule has 2 aliphatic heterocycles. The normalized spacial score (nSPS) is 15.8. The van der Waals surface area contributed by atoms with E-state index in [9.17, 15) is 9.59 Å². The summed E-state index contributed by atoms with van der Waals surface area (Å²) in [4.78, 5) is 27.7. The van der Waals surface area contributed by atoms with Crippen LogP contribution in [-0.4, -0.2) is 53.6 Å². The number of amides is 1. The second kappa shape index (κ2) is 11.9. The zero-order chi connectivity index (χ0) is 26.5. The Kier molecular flexibility index (Phi) is 8.19.